The first kappa shape index (κ1) is 9.03. The molecular formula is C8H5F4. The van der Waals surface area contributed by atoms with Crippen LogP contribution in [0, 0.1) is 12.7 Å². The quantitative estimate of drug-likeness (QED) is 0.534. The van der Waals surface area contributed by atoms with Crippen molar-refractivity contribution in [2.45, 2.75) is 6.18 Å². The third-order valence-corrected chi connectivity index (χ3v) is 1.42. The Balaban J connectivity index is 3.26. The van der Waals surface area contributed by atoms with Crippen molar-refractivity contribution in [2.24, 2.45) is 0 Å². The molecule has 65 valence electrons. The van der Waals surface area contributed by atoms with Crippen LogP contribution in [-0.2, 0) is 6.18 Å². The molecule has 1 radical (unpaired) electrons. The number of hydrogen-bond donors (Lipinski definition) is 0. The van der Waals surface area contributed by atoms with E-state index in [1.807, 2.05) is 0 Å². The Morgan fingerprint density at radius 1 is 1.17 bits per heavy atom. The highest BCUT2D eigenvalue weighted by molar-refractivity contribution is 5.32. The van der Waals surface area contributed by atoms with E-state index < -0.39 is 23.1 Å². The summed E-state index contributed by atoms with van der Waals surface area (Å²) in [5.41, 5.74) is -1.63. The first-order chi connectivity index (χ1) is 5.43. The smallest absolute Gasteiger partial charge is 0.207 e. The maximum Gasteiger partial charge on any atom is 0.416 e. The molecule has 0 saturated heterocycles. The summed E-state index contributed by atoms with van der Waals surface area (Å²) in [7, 11) is 0. The maximum atomic E-state index is 12.5. The minimum absolute atomic E-state index is 0.606. The molecule has 0 unspecified atom stereocenters. The Labute approximate surface area is 66.8 Å². The van der Waals surface area contributed by atoms with Crippen LogP contribution in [0.4, 0.5) is 17.6 Å². The van der Waals surface area contributed by atoms with E-state index in [1.54, 1.807) is 0 Å². The molecule has 0 aliphatic carbocycles. The average molecular weight is 177 g/mol. The van der Waals surface area contributed by atoms with Crippen LogP contribution in [0.1, 0.15) is 11.1 Å². The molecule has 0 nitrogen and oxygen atoms in total. The molecule has 0 bridgehead atoms. The van der Waals surface area contributed by atoms with Crippen molar-refractivity contribution in [2.75, 3.05) is 0 Å². The van der Waals surface area contributed by atoms with Crippen LogP contribution in [0.5, 0.6) is 0 Å². The molecule has 0 heterocycles. The molecule has 12 heavy (non-hydrogen) atoms. The first-order valence-corrected chi connectivity index (χ1v) is 3.10. The number of hydrogen-bond acceptors (Lipinski definition) is 0. The van der Waals surface area contributed by atoms with E-state index in [4.69, 9.17) is 0 Å². The molecular weight excluding hydrogens is 172 g/mol. The molecule has 0 fully saturated rings. The van der Waals surface area contributed by atoms with Gasteiger partial charge in [-0.25, -0.2) is 4.39 Å². The normalized spacial score (nSPS) is 11.8. The Kier molecular flexibility index (Phi) is 2.08. The average Bonchev–Trinajstić information content (AvgIpc) is 1.92. The van der Waals surface area contributed by atoms with Gasteiger partial charge in [-0.3, -0.25) is 0 Å². The number of alkyl halides is 3. The van der Waals surface area contributed by atoms with Crippen LogP contribution < -0.4 is 0 Å². The lowest BCUT2D eigenvalue weighted by Gasteiger charge is -2.09. The molecule has 0 aliphatic rings. The summed E-state index contributed by atoms with van der Waals surface area (Å²) >= 11 is 0. The monoisotopic (exact) mass is 177 g/mol. The highest BCUT2D eigenvalue weighted by Crippen LogP contribution is 2.32. The molecule has 0 spiro atoms. The van der Waals surface area contributed by atoms with Crippen molar-refractivity contribution in [3.05, 3.63) is 42.1 Å². The minimum atomic E-state index is -4.53. The van der Waals surface area contributed by atoms with Gasteiger partial charge in [-0.2, -0.15) is 13.2 Å². The van der Waals surface area contributed by atoms with E-state index in [0.717, 1.165) is 18.2 Å². The molecule has 1 aromatic carbocycles. The summed E-state index contributed by atoms with van der Waals surface area (Å²) in [6.07, 6.45) is -4.53. The van der Waals surface area contributed by atoms with Gasteiger partial charge in [0, 0.05) is 5.56 Å². The van der Waals surface area contributed by atoms with Gasteiger partial charge in [-0.05, 0) is 19.1 Å². The largest absolute Gasteiger partial charge is 0.416 e. The van der Waals surface area contributed by atoms with E-state index in [0.29, 0.717) is 0 Å². The van der Waals surface area contributed by atoms with Crippen molar-refractivity contribution in [1.82, 2.24) is 0 Å². The lowest BCUT2D eigenvalue weighted by Crippen LogP contribution is -2.08. The zero-order valence-corrected chi connectivity index (χ0v) is 5.95. The van der Waals surface area contributed by atoms with Gasteiger partial charge >= 0.3 is 6.18 Å². The second-order valence-electron chi connectivity index (χ2n) is 2.26. The van der Waals surface area contributed by atoms with Gasteiger partial charge in [0.25, 0.3) is 0 Å². The number of benzene rings is 1. The van der Waals surface area contributed by atoms with Crippen molar-refractivity contribution < 1.29 is 17.6 Å². The van der Waals surface area contributed by atoms with E-state index in [1.165, 1.54) is 0 Å². The number of halogens is 4. The van der Waals surface area contributed by atoms with Gasteiger partial charge in [0.05, 0.1) is 5.56 Å². The molecule has 0 saturated carbocycles. The fourth-order valence-corrected chi connectivity index (χ4v) is 0.824. The second kappa shape index (κ2) is 2.77. The summed E-state index contributed by atoms with van der Waals surface area (Å²) in [6.45, 7) is 2.99. The molecule has 0 N–H and O–H groups in total. The zero-order valence-electron chi connectivity index (χ0n) is 5.95. The van der Waals surface area contributed by atoms with Gasteiger partial charge in [0.2, 0.25) is 0 Å². The predicted octanol–water partition coefficient (Wildman–Crippen LogP) is 3.03. The van der Waals surface area contributed by atoms with Crippen molar-refractivity contribution in [1.29, 1.82) is 0 Å². The van der Waals surface area contributed by atoms with Gasteiger partial charge in [-0.15, -0.1) is 0 Å². The van der Waals surface area contributed by atoms with Crippen molar-refractivity contribution in [3.63, 3.8) is 0 Å². The van der Waals surface area contributed by atoms with Gasteiger partial charge < -0.3 is 0 Å². The van der Waals surface area contributed by atoms with E-state index in [-0.39, 0.29) is 0 Å². The fraction of sp³-hybridized carbons (Fsp3) is 0.125. The summed E-state index contributed by atoms with van der Waals surface area (Å²) in [5, 5.41) is 0. The Bertz CT molecular complexity index is 288. The van der Waals surface area contributed by atoms with E-state index >= 15 is 0 Å². The molecule has 0 aromatic heterocycles. The summed E-state index contributed by atoms with van der Waals surface area (Å²) < 4.78 is 48.6. The van der Waals surface area contributed by atoms with Crippen LogP contribution >= 0.6 is 0 Å². The standard InChI is InChI=1S/C8H5F4/c1-5-6(8(10,11)12)3-2-4-7(5)9/h2-4H,1H2. The predicted molar refractivity (Wildman–Crippen MR) is 35.9 cm³/mol. The SMILES string of the molecule is [CH2]c1c(F)cccc1C(F)(F)F. The zero-order chi connectivity index (χ0) is 9.35. The maximum absolute atomic E-state index is 12.5. The third kappa shape index (κ3) is 1.57. The van der Waals surface area contributed by atoms with E-state index in [9.17, 15) is 17.6 Å². The third-order valence-electron chi connectivity index (χ3n) is 1.42. The summed E-state index contributed by atoms with van der Waals surface area (Å²) in [4.78, 5) is 0. The molecule has 4 heteroatoms. The lowest BCUT2D eigenvalue weighted by atomic mass is 10.1. The van der Waals surface area contributed by atoms with Crippen LogP contribution in [-0.4, -0.2) is 0 Å². The highest BCUT2D eigenvalue weighted by atomic mass is 19.4. The Hall–Kier alpha value is -1.06. The summed E-state index contributed by atoms with van der Waals surface area (Å²) in [6, 6.07) is 2.75. The van der Waals surface area contributed by atoms with Crippen LogP contribution in [0.15, 0.2) is 18.2 Å². The second-order valence-corrected chi connectivity index (χ2v) is 2.26. The first-order valence-electron chi connectivity index (χ1n) is 3.10. The molecule has 0 atom stereocenters. The fourth-order valence-electron chi connectivity index (χ4n) is 0.824. The Morgan fingerprint density at radius 2 is 1.75 bits per heavy atom. The topological polar surface area (TPSA) is 0 Å². The van der Waals surface area contributed by atoms with Gasteiger partial charge in [0.1, 0.15) is 5.82 Å². The van der Waals surface area contributed by atoms with Crippen LogP contribution in [0.2, 0.25) is 0 Å². The molecule has 1 aromatic rings. The highest BCUT2D eigenvalue weighted by Gasteiger charge is 2.32. The summed E-state index contributed by atoms with van der Waals surface area (Å²) in [5.74, 6) is -0.940. The minimum Gasteiger partial charge on any atom is -0.207 e. The van der Waals surface area contributed by atoms with E-state index in [2.05, 4.69) is 6.92 Å². The van der Waals surface area contributed by atoms with Crippen LogP contribution in [0.25, 0.3) is 0 Å². The molecule has 0 amide bonds. The number of rotatable bonds is 0. The van der Waals surface area contributed by atoms with Crippen LogP contribution in [0.3, 0.4) is 0 Å². The van der Waals surface area contributed by atoms with Gasteiger partial charge in [0.15, 0.2) is 0 Å². The van der Waals surface area contributed by atoms with Crippen molar-refractivity contribution in [3.8, 4) is 0 Å². The van der Waals surface area contributed by atoms with Gasteiger partial charge in [-0.1, -0.05) is 6.07 Å². The lowest BCUT2D eigenvalue weighted by molar-refractivity contribution is -0.138. The molecule has 0 aliphatic heterocycles. The Morgan fingerprint density at radius 3 is 2.17 bits per heavy atom. The van der Waals surface area contributed by atoms with Crippen molar-refractivity contribution >= 4 is 0 Å². The molecule has 1 rings (SSSR count).